The highest BCUT2D eigenvalue weighted by molar-refractivity contribution is 5.83. The molecular formula is C13H17FN2. The number of hydrogen-bond donors (Lipinski definition) is 2. The molecule has 0 aliphatic rings. The molecule has 3 N–H and O–H groups in total. The fraction of sp³-hybridized carbons (Fsp3) is 0.385. The number of halogens is 1. The Morgan fingerprint density at radius 1 is 1.44 bits per heavy atom. The van der Waals surface area contributed by atoms with E-state index in [-0.39, 0.29) is 17.8 Å². The van der Waals surface area contributed by atoms with Crippen molar-refractivity contribution in [2.24, 2.45) is 5.73 Å². The van der Waals surface area contributed by atoms with Gasteiger partial charge in [-0.25, -0.2) is 4.39 Å². The lowest BCUT2D eigenvalue weighted by Gasteiger charge is -2.17. The molecule has 0 amide bonds. The average molecular weight is 220 g/mol. The Bertz CT molecular complexity index is 490. The molecule has 0 unspecified atom stereocenters. The van der Waals surface area contributed by atoms with Crippen molar-refractivity contribution in [1.82, 2.24) is 4.98 Å². The van der Waals surface area contributed by atoms with Crippen LogP contribution in [-0.4, -0.2) is 11.0 Å². The molecule has 1 heterocycles. The van der Waals surface area contributed by atoms with Crippen LogP contribution in [0.5, 0.6) is 0 Å². The average Bonchev–Trinajstić information content (AvgIpc) is 2.69. The van der Waals surface area contributed by atoms with E-state index in [1.807, 2.05) is 6.20 Å². The van der Waals surface area contributed by atoms with Crippen LogP contribution in [-0.2, 0) is 0 Å². The first kappa shape index (κ1) is 11.1. The number of aromatic amines is 1. The highest BCUT2D eigenvalue weighted by atomic mass is 19.1. The molecule has 0 spiro atoms. The summed E-state index contributed by atoms with van der Waals surface area (Å²) in [4.78, 5) is 3.15. The molecule has 2 atom stereocenters. The second-order valence-corrected chi connectivity index (χ2v) is 4.29. The van der Waals surface area contributed by atoms with E-state index in [4.69, 9.17) is 5.73 Å². The SMILES string of the molecule is CC[C@@H](N)[C@H](C)c1c[nH]c2ccc(F)cc12. The van der Waals surface area contributed by atoms with Crippen LogP contribution >= 0.6 is 0 Å². The summed E-state index contributed by atoms with van der Waals surface area (Å²) in [6, 6.07) is 4.91. The van der Waals surface area contributed by atoms with E-state index in [1.165, 1.54) is 6.07 Å². The highest BCUT2D eigenvalue weighted by Crippen LogP contribution is 2.28. The van der Waals surface area contributed by atoms with Crippen molar-refractivity contribution in [3.8, 4) is 0 Å². The van der Waals surface area contributed by atoms with Gasteiger partial charge < -0.3 is 10.7 Å². The minimum absolute atomic E-state index is 0.113. The first-order valence-electron chi connectivity index (χ1n) is 5.65. The van der Waals surface area contributed by atoms with Crippen LogP contribution in [0.3, 0.4) is 0 Å². The summed E-state index contributed by atoms with van der Waals surface area (Å²) in [5.74, 6) is 0.0335. The lowest BCUT2D eigenvalue weighted by Crippen LogP contribution is -2.25. The third-order valence-corrected chi connectivity index (χ3v) is 3.28. The van der Waals surface area contributed by atoms with Gasteiger partial charge in [0.1, 0.15) is 5.82 Å². The quantitative estimate of drug-likeness (QED) is 0.819. The van der Waals surface area contributed by atoms with Crippen molar-refractivity contribution in [2.45, 2.75) is 32.2 Å². The van der Waals surface area contributed by atoms with Crippen molar-refractivity contribution in [3.05, 3.63) is 35.8 Å². The van der Waals surface area contributed by atoms with Crippen molar-refractivity contribution >= 4 is 10.9 Å². The van der Waals surface area contributed by atoms with Crippen LogP contribution in [0.4, 0.5) is 4.39 Å². The van der Waals surface area contributed by atoms with E-state index >= 15 is 0 Å². The number of nitrogens with one attached hydrogen (secondary N) is 1. The van der Waals surface area contributed by atoms with Crippen molar-refractivity contribution in [3.63, 3.8) is 0 Å². The van der Waals surface area contributed by atoms with Gasteiger partial charge in [-0.3, -0.25) is 0 Å². The Hall–Kier alpha value is -1.35. The van der Waals surface area contributed by atoms with Gasteiger partial charge in [-0.15, -0.1) is 0 Å². The minimum atomic E-state index is -0.203. The molecule has 86 valence electrons. The number of aromatic nitrogens is 1. The van der Waals surface area contributed by atoms with Gasteiger partial charge in [0.05, 0.1) is 0 Å². The smallest absolute Gasteiger partial charge is 0.123 e. The lowest BCUT2D eigenvalue weighted by atomic mass is 9.92. The number of H-pyrrole nitrogens is 1. The second-order valence-electron chi connectivity index (χ2n) is 4.29. The summed E-state index contributed by atoms with van der Waals surface area (Å²) in [7, 11) is 0. The summed E-state index contributed by atoms with van der Waals surface area (Å²) < 4.78 is 13.2. The van der Waals surface area contributed by atoms with Gasteiger partial charge in [-0.1, -0.05) is 13.8 Å². The largest absolute Gasteiger partial charge is 0.361 e. The van der Waals surface area contributed by atoms with E-state index in [0.717, 1.165) is 22.9 Å². The molecule has 3 heteroatoms. The van der Waals surface area contributed by atoms with Gasteiger partial charge in [-0.2, -0.15) is 0 Å². The third-order valence-electron chi connectivity index (χ3n) is 3.28. The molecule has 16 heavy (non-hydrogen) atoms. The van der Waals surface area contributed by atoms with E-state index in [9.17, 15) is 4.39 Å². The first-order chi connectivity index (χ1) is 7.63. The van der Waals surface area contributed by atoms with E-state index in [2.05, 4.69) is 18.8 Å². The van der Waals surface area contributed by atoms with E-state index in [0.29, 0.717) is 0 Å². The van der Waals surface area contributed by atoms with Crippen molar-refractivity contribution < 1.29 is 4.39 Å². The van der Waals surface area contributed by atoms with E-state index < -0.39 is 0 Å². The Morgan fingerprint density at radius 3 is 2.88 bits per heavy atom. The molecule has 2 aromatic rings. The normalized spacial score (nSPS) is 15.2. The topological polar surface area (TPSA) is 41.8 Å². The molecule has 2 rings (SSSR count). The zero-order valence-corrected chi connectivity index (χ0v) is 9.63. The predicted molar refractivity (Wildman–Crippen MR) is 64.9 cm³/mol. The molecule has 2 nitrogen and oxygen atoms in total. The maximum Gasteiger partial charge on any atom is 0.123 e. The van der Waals surface area contributed by atoms with Gasteiger partial charge >= 0.3 is 0 Å². The highest BCUT2D eigenvalue weighted by Gasteiger charge is 2.16. The fourth-order valence-corrected chi connectivity index (χ4v) is 2.08. The van der Waals surface area contributed by atoms with Crippen molar-refractivity contribution in [2.75, 3.05) is 0 Å². The fourth-order valence-electron chi connectivity index (χ4n) is 2.08. The molecular weight excluding hydrogens is 203 g/mol. The zero-order valence-electron chi connectivity index (χ0n) is 9.63. The first-order valence-corrected chi connectivity index (χ1v) is 5.65. The van der Waals surface area contributed by atoms with Crippen molar-refractivity contribution in [1.29, 1.82) is 0 Å². The molecule has 0 fully saturated rings. The molecule has 1 aromatic carbocycles. The predicted octanol–water partition coefficient (Wildman–Crippen LogP) is 3.15. The van der Waals surface area contributed by atoms with Gasteiger partial charge in [0.15, 0.2) is 0 Å². The Kier molecular flexibility index (Phi) is 2.97. The van der Waals surface area contributed by atoms with Crippen LogP contribution < -0.4 is 5.73 Å². The molecule has 0 aliphatic heterocycles. The van der Waals surface area contributed by atoms with Crippen LogP contribution in [0, 0.1) is 5.82 Å². The van der Waals surface area contributed by atoms with Gasteiger partial charge in [0, 0.05) is 23.1 Å². The third kappa shape index (κ3) is 1.83. The minimum Gasteiger partial charge on any atom is -0.361 e. The number of benzene rings is 1. The number of hydrogen-bond acceptors (Lipinski definition) is 1. The monoisotopic (exact) mass is 220 g/mol. The van der Waals surface area contributed by atoms with E-state index in [1.54, 1.807) is 12.1 Å². The lowest BCUT2D eigenvalue weighted by molar-refractivity contribution is 0.554. The van der Waals surface area contributed by atoms with Crippen LogP contribution in [0.15, 0.2) is 24.4 Å². The number of fused-ring (bicyclic) bond motifs is 1. The van der Waals surface area contributed by atoms with Crippen LogP contribution in [0.25, 0.3) is 10.9 Å². The Labute approximate surface area is 94.7 Å². The number of rotatable bonds is 3. The van der Waals surface area contributed by atoms with Crippen LogP contribution in [0.1, 0.15) is 31.7 Å². The van der Waals surface area contributed by atoms with Gasteiger partial charge in [0.25, 0.3) is 0 Å². The Balaban J connectivity index is 2.48. The summed E-state index contributed by atoms with van der Waals surface area (Å²) in [5, 5.41) is 0.941. The molecule has 0 bridgehead atoms. The molecule has 0 saturated carbocycles. The zero-order chi connectivity index (χ0) is 11.7. The summed E-state index contributed by atoms with van der Waals surface area (Å²) in [6.07, 6.45) is 2.85. The summed E-state index contributed by atoms with van der Waals surface area (Å²) in [5.41, 5.74) is 8.09. The molecule has 1 aromatic heterocycles. The second kappa shape index (κ2) is 4.26. The Morgan fingerprint density at radius 2 is 2.19 bits per heavy atom. The van der Waals surface area contributed by atoms with Crippen LogP contribution in [0.2, 0.25) is 0 Å². The maximum atomic E-state index is 13.2. The molecule has 0 aliphatic carbocycles. The summed E-state index contributed by atoms with van der Waals surface area (Å²) >= 11 is 0. The van der Waals surface area contributed by atoms with Gasteiger partial charge in [-0.05, 0) is 36.1 Å². The number of nitrogens with two attached hydrogens (primary N) is 1. The summed E-state index contributed by atoms with van der Waals surface area (Å²) in [6.45, 7) is 4.15. The maximum absolute atomic E-state index is 13.2. The molecule has 0 saturated heterocycles. The molecule has 0 radical (unpaired) electrons. The standard InChI is InChI=1S/C13H17FN2/c1-3-12(15)8(2)11-7-16-13-5-4-9(14)6-10(11)13/h4-8,12,16H,3,15H2,1-2H3/t8-,12-/m1/s1. The van der Waals surface area contributed by atoms with Gasteiger partial charge in [0.2, 0.25) is 0 Å².